The zero-order valence-corrected chi connectivity index (χ0v) is 12.6. The quantitative estimate of drug-likeness (QED) is 0.700. The Morgan fingerprint density at radius 3 is 2.52 bits per heavy atom. The summed E-state index contributed by atoms with van der Waals surface area (Å²) in [5.74, 6) is -0.781. The molecular formula is C14H18O6S. The van der Waals surface area contributed by atoms with Gasteiger partial charge in [0.15, 0.2) is 5.12 Å². The van der Waals surface area contributed by atoms with Gasteiger partial charge in [-0.3, -0.25) is 4.79 Å². The smallest absolute Gasteiger partial charge is 0.339 e. The molecule has 0 saturated heterocycles. The van der Waals surface area contributed by atoms with E-state index in [-0.39, 0.29) is 28.4 Å². The molecule has 0 aromatic heterocycles. The van der Waals surface area contributed by atoms with Gasteiger partial charge in [0.2, 0.25) is 0 Å². The highest BCUT2D eigenvalue weighted by atomic mass is 32.2. The van der Waals surface area contributed by atoms with Gasteiger partial charge in [0.25, 0.3) is 0 Å². The van der Waals surface area contributed by atoms with Crippen molar-refractivity contribution in [1.82, 2.24) is 0 Å². The summed E-state index contributed by atoms with van der Waals surface area (Å²) >= 11 is 1.04. The topological polar surface area (TPSA) is 104 Å². The van der Waals surface area contributed by atoms with Crippen LogP contribution in [-0.2, 0) is 4.79 Å². The van der Waals surface area contributed by atoms with Gasteiger partial charge in [0.1, 0.15) is 17.4 Å². The molecule has 116 valence electrons. The minimum Gasteiger partial charge on any atom is -0.496 e. The first kappa shape index (κ1) is 17.5. The average molecular weight is 314 g/mol. The molecule has 1 aromatic carbocycles. The Morgan fingerprint density at radius 2 is 2.00 bits per heavy atom. The third kappa shape index (κ3) is 4.73. The molecule has 0 amide bonds. The summed E-state index contributed by atoms with van der Waals surface area (Å²) in [7, 11) is 1.33. The monoisotopic (exact) mass is 314 g/mol. The van der Waals surface area contributed by atoms with E-state index in [9.17, 15) is 24.9 Å². The van der Waals surface area contributed by atoms with E-state index in [0.29, 0.717) is 5.75 Å². The van der Waals surface area contributed by atoms with Gasteiger partial charge in [-0.15, -0.1) is 0 Å². The molecule has 0 fully saturated rings. The van der Waals surface area contributed by atoms with E-state index in [1.807, 2.05) is 0 Å². The van der Waals surface area contributed by atoms with E-state index in [1.54, 1.807) is 6.07 Å². The minimum absolute atomic E-state index is 0.0794. The second-order valence-electron chi connectivity index (χ2n) is 4.37. The number of benzene rings is 1. The third-order valence-electron chi connectivity index (χ3n) is 2.89. The van der Waals surface area contributed by atoms with Gasteiger partial charge < -0.3 is 20.1 Å². The lowest BCUT2D eigenvalue weighted by molar-refractivity contribution is -0.109. The van der Waals surface area contributed by atoms with Crippen LogP contribution in [0.3, 0.4) is 0 Å². The van der Waals surface area contributed by atoms with E-state index in [2.05, 4.69) is 0 Å². The molecule has 0 aliphatic heterocycles. The Bertz CT molecular complexity index is 516. The summed E-state index contributed by atoms with van der Waals surface area (Å²) in [6.07, 6.45) is -2.36. The number of hydrogen-bond donors (Lipinski definition) is 3. The fourth-order valence-corrected chi connectivity index (χ4v) is 2.53. The first-order chi connectivity index (χ1) is 9.88. The largest absolute Gasteiger partial charge is 0.496 e. The van der Waals surface area contributed by atoms with Crippen LogP contribution in [0, 0.1) is 0 Å². The molecule has 1 rings (SSSR count). The van der Waals surface area contributed by atoms with Crippen molar-refractivity contribution >= 4 is 22.8 Å². The lowest BCUT2D eigenvalue weighted by Gasteiger charge is -2.20. The summed E-state index contributed by atoms with van der Waals surface area (Å²) in [5, 5.41) is 29.2. The van der Waals surface area contributed by atoms with Gasteiger partial charge >= 0.3 is 5.97 Å². The number of hydrogen-bond acceptors (Lipinski definition) is 6. The number of carboxylic acid groups (broad SMARTS) is 1. The predicted molar refractivity (Wildman–Crippen MR) is 78.7 cm³/mol. The highest BCUT2D eigenvalue weighted by molar-refractivity contribution is 8.13. The number of thioether (sulfide) groups is 1. The Kier molecular flexibility index (Phi) is 6.67. The SMILES string of the molecule is COc1cccc(C(O)C(O)CCSC(C)=O)c1C(=O)O. The summed E-state index contributed by atoms with van der Waals surface area (Å²) in [6, 6.07) is 4.44. The highest BCUT2D eigenvalue weighted by Crippen LogP contribution is 2.29. The van der Waals surface area contributed by atoms with Crippen LogP contribution in [0.5, 0.6) is 5.75 Å². The van der Waals surface area contributed by atoms with Crippen LogP contribution in [0.1, 0.15) is 35.4 Å². The fraction of sp³-hybridized carbons (Fsp3) is 0.429. The van der Waals surface area contributed by atoms with Crippen LogP contribution in [0.2, 0.25) is 0 Å². The van der Waals surface area contributed by atoms with Gasteiger partial charge in [-0.05, 0) is 12.5 Å². The van der Waals surface area contributed by atoms with Gasteiger partial charge in [0, 0.05) is 18.2 Å². The zero-order valence-electron chi connectivity index (χ0n) is 11.8. The number of ether oxygens (including phenoxy) is 1. The molecule has 0 bridgehead atoms. The molecule has 0 spiro atoms. The average Bonchev–Trinajstić information content (AvgIpc) is 2.44. The van der Waals surface area contributed by atoms with Crippen LogP contribution < -0.4 is 4.74 Å². The lowest BCUT2D eigenvalue weighted by Crippen LogP contribution is -2.22. The summed E-state index contributed by atoms with van der Waals surface area (Å²) in [4.78, 5) is 22.1. The normalized spacial score (nSPS) is 13.5. The molecule has 1 aromatic rings. The van der Waals surface area contributed by atoms with Crippen molar-refractivity contribution in [1.29, 1.82) is 0 Å². The van der Waals surface area contributed by atoms with Gasteiger partial charge in [-0.1, -0.05) is 23.9 Å². The molecule has 6 nitrogen and oxygen atoms in total. The van der Waals surface area contributed by atoms with Crippen molar-refractivity contribution in [2.75, 3.05) is 12.9 Å². The molecule has 2 atom stereocenters. The number of rotatable bonds is 7. The number of methoxy groups -OCH3 is 1. The van der Waals surface area contributed by atoms with Crippen molar-refractivity contribution < 1.29 is 29.6 Å². The Hall–Kier alpha value is -1.57. The van der Waals surface area contributed by atoms with Crippen LogP contribution in [-0.4, -0.2) is 45.4 Å². The molecule has 0 aliphatic rings. The molecule has 0 aliphatic carbocycles. The maximum atomic E-state index is 11.3. The Balaban J connectivity index is 2.93. The molecule has 0 saturated carbocycles. The minimum atomic E-state index is -1.36. The number of aliphatic hydroxyl groups is 2. The maximum Gasteiger partial charge on any atom is 0.339 e. The fourth-order valence-electron chi connectivity index (χ4n) is 1.88. The highest BCUT2D eigenvalue weighted by Gasteiger charge is 2.26. The van der Waals surface area contributed by atoms with Crippen LogP contribution >= 0.6 is 11.8 Å². The number of carboxylic acids is 1. The van der Waals surface area contributed by atoms with Crippen molar-refractivity contribution in [3.63, 3.8) is 0 Å². The van der Waals surface area contributed by atoms with Crippen LogP contribution in [0.15, 0.2) is 18.2 Å². The van der Waals surface area contributed by atoms with E-state index < -0.39 is 18.2 Å². The molecule has 2 unspecified atom stereocenters. The zero-order chi connectivity index (χ0) is 16.0. The van der Waals surface area contributed by atoms with Crippen LogP contribution in [0.25, 0.3) is 0 Å². The second kappa shape index (κ2) is 8.02. The number of carbonyl (C=O) groups is 2. The Labute approximate surface area is 126 Å². The summed E-state index contributed by atoms with van der Waals surface area (Å²) in [5.41, 5.74) is -0.0899. The summed E-state index contributed by atoms with van der Waals surface area (Å²) < 4.78 is 4.97. The molecule has 0 heterocycles. The number of carbonyl (C=O) groups excluding carboxylic acids is 1. The Morgan fingerprint density at radius 1 is 1.33 bits per heavy atom. The van der Waals surface area contributed by atoms with E-state index in [4.69, 9.17) is 4.74 Å². The molecule has 3 N–H and O–H groups in total. The molecule has 0 radical (unpaired) electrons. The molecule has 21 heavy (non-hydrogen) atoms. The first-order valence-electron chi connectivity index (χ1n) is 6.28. The maximum absolute atomic E-state index is 11.3. The van der Waals surface area contributed by atoms with Crippen molar-refractivity contribution in [2.24, 2.45) is 0 Å². The number of aliphatic hydroxyl groups excluding tert-OH is 2. The predicted octanol–water partition coefficient (Wildman–Crippen LogP) is 1.46. The van der Waals surface area contributed by atoms with Crippen molar-refractivity contribution in [3.05, 3.63) is 29.3 Å². The summed E-state index contributed by atoms with van der Waals surface area (Å²) in [6.45, 7) is 1.41. The first-order valence-corrected chi connectivity index (χ1v) is 7.26. The number of aromatic carboxylic acids is 1. The van der Waals surface area contributed by atoms with Gasteiger partial charge in [0.05, 0.1) is 13.2 Å². The standard InChI is InChI=1S/C14H18O6S/c1-8(15)21-7-6-10(16)13(17)9-4-3-5-11(20-2)12(9)14(18)19/h3-5,10,13,16-17H,6-7H2,1-2H3,(H,18,19). The van der Waals surface area contributed by atoms with Crippen LogP contribution in [0.4, 0.5) is 0 Å². The van der Waals surface area contributed by atoms with Gasteiger partial charge in [-0.25, -0.2) is 4.79 Å². The lowest BCUT2D eigenvalue weighted by atomic mass is 9.96. The third-order valence-corrected chi connectivity index (χ3v) is 3.74. The molecular weight excluding hydrogens is 296 g/mol. The van der Waals surface area contributed by atoms with E-state index in [0.717, 1.165) is 11.8 Å². The van der Waals surface area contributed by atoms with E-state index >= 15 is 0 Å². The van der Waals surface area contributed by atoms with E-state index in [1.165, 1.54) is 26.2 Å². The second-order valence-corrected chi connectivity index (χ2v) is 5.64. The molecule has 7 heteroatoms. The van der Waals surface area contributed by atoms with Crippen molar-refractivity contribution in [3.8, 4) is 5.75 Å². The van der Waals surface area contributed by atoms with Crippen molar-refractivity contribution in [2.45, 2.75) is 25.6 Å². The van der Waals surface area contributed by atoms with Gasteiger partial charge in [-0.2, -0.15) is 0 Å².